The molecule has 0 spiro atoms. The van der Waals surface area contributed by atoms with Crippen LogP contribution in [-0.4, -0.2) is 35.5 Å². The van der Waals surface area contributed by atoms with Crippen molar-refractivity contribution in [3.63, 3.8) is 0 Å². The van der Waals surface area contributed by atoms with Gasteiger partial charge < -0.3 is 5.32 Å². The predicted octanol–water partition coefficient (Wildman–Crippen LogP) is 3.81. The van der Waals surface area contributed by atoms with Crippen LogP contribution in [0.3, 0.4) is 0 Å². The molecule has 3 heteroatoms. The molecule has 1 fully saturated rings. The summed E-state index contributed by atoms with van der Waals surface area (Å²) in [6, 6.07) is 11.0. The molecule has 1 amide bonds. The van der Waals surface area contributed by atoms with Crippen molar-refractivity contribution < 1.29 is 4.79 Å². The van der Waals surface area contributed by atoms with E-state index in [-0.39, 0.29) is 11.9 Å². The lowest BCUT2D eigenvalue weighted by atomic mass is 9.87. The third-order valence-electron chi connectivity index (χ3n) is 5.47. The van der Waals surface area contributed by atoms with E-state index in [9.17, 15) is 4.79 Å². The van der Waals surface area contributed by atoms with Crippen molar-refractivity contribution in [2.75, 3.05) is 13.1 Å². The fourth-order valence-corrected chi connectivity index (χ4v) is 3.19. The lowest BCUT2D eigenvalue weighted by Crippen LogP contribution is -2.58. The third-order valence-corrected chi connectivity index (χ3v) is 5.47. The molecule has 0 radical (unpaired) electrons. The molecule has 0 aliphatic carbocycles. The highest BCUT2D eigenvalue weighted by molar-refractivity contribution is 5.85. The number of amides is 1. The van der Waals surface area contributed by atoms with Crippen LogP contribution in [0.1, 0.15) is 58.9 Å². The molecule has 23 heavy (non-hydrogen) atoms. The first kappa shape index (κ1) is 18.0. The third kappa shape index (κ3) is 4.35. The number of carbonyl (C=O) groups is 1. The Kier molecular flexibility index (Phi) is 5.85. The van der Waals surface area contributed by atoms with Gasteiger partial charge in [-0.1, -0.05) is 44.2 Å². The van der Waals surface area contributed by atoms with Crippen LogP contribution in [0.15, 0.2) is 30.3 Å². The number of carbonyl (C=O) groups excluding carboxylic acids is 1. The first-order valence-electron chi connectivity index (χ1n) is 8.93. The monoisotopic (exact) mass is 316 g/mol. The zero-order valence-electron chi connectivity index (χ0n) is 15.3. The number of piperidine rings is 1. The lowest BCUT2D eigenvalue weighted by molar-refractivity contribution is -0.133. The van der Waals surface area contributed by atoms with Crippen molar-refractivity contribution >= 4 is 5.91 Å². The molecule has 3 nitrogen and oxygen atoms in total. The number of rotatable bonds is 5. The topological polar surface area (TPSA) is 32.3 Å². The molecule has 1 aromatic carbocycles. The smallest absolute Gasteiger partial charge is 0.240 e. The van der Waals surface area contributed by atoms with E-state index in [2.05, 4.69) is 75.2 Å². The molecule has 0 unspecified atom stereocenters. The average molecular weight is 316 g/mol. The Morgan fingerprint density at radius 3 is 2.22 bits per heavy atom. The molecule has 1 aliphatic heterocycles. The zero-order valence-corrected chi connectivity index (χ0v) is 15.3. The SMILES string of the molecule is CC(C)[C@H](C)NC(=O)C(C)(C)N1CCC(c2ccccc2)CC1. The Morgan fingerprint density at radius 2 is 1.70 bits per heavy atom. The molecule has 1 atom stereocenters. The Morgan fingerprint density at radius 1 is 1.13 bits per heavy atom. The second kappa shape index (κ2) is 7.48. The van der Waals surface area contributed by atoms with Crippen LogP contribution in [0.25, 0.3) is 0 Å². The highest BCUT2D eigenvalue weighted by Crippen LogP contribution is 2.31. The summed E-state index contributed by atoms with van der Waals surface area (Å²) in [6.45, 7) is 12.4. The van der Waals surface area contributed by atoms with Crippen LogP contribution in [0.2, 0.25) is 0 Å². The maximum absolute atomic E-state index is 12.7. The van der Waals surface area contributed by atoms with E-state index < -0.39 is 5.54 Å². The van der Waals surface area contributed by atoms with Crippen LogP contribution in [0.5, 0.6) is 0 Å². The number of likely N-dealkylation sites (tertiary alicyclic amines) is 1. The highest BCUT2D eigenvalue weighted by Gasteiger charge is 2.37. The van der Waals surface area contributed by atoms with Crippen LogP contribution >= 0.6 is 0 Å². The van der Waals surface area contributed by atoms with E-state index in [1.807, 2.05) is 0 Å². The first-order valence-corrected chi connectivity index (χ1v) is 8.93. The summed E-state index contributed by atoms with van der Waals surface area (Å²) in [7, 11) is 0. The number of nitrogens with zero attached hydrogens (tertiary/aromatic N) is 1. The summed E-state index contributed by atoms with van der Waals surface area (Å²) >= 11 is 0. The number of hydrogen-bond acceptors (Lipinski definition) is 2. The molecule has 2 rings (SSSR count). The van der Waals surface area contributed by atoms with Gasteiger partial charge in [-0.3, -0.25) is 9.69 Å². The van der Waals surface area contributed by atoms with Gasteiger partial charge >= 0.3 is 0 Å². The van der Waals surface area contributed by atoms with Gasteiger partial charge in [0.2, 0.25) is 5.91 Å². The van der Waals surface area contributed by atoms with Crippen molar-refractivity contribution in [3.8, 4) is 0 Å². The molecule has 1 N–H and O–H groups in total. The van der Waals surface area contributed by atoms with E-state index in [0.717, 1.165) is 25.9 Å². The minimum Gasteiger partial charge on any atom is -0.352 e. The number of benzene rings is 1. The van der Waals surface area contributed by atoms with E-state index >= 15 is 0 Å². The van der Waals surface area contributed by atoms with Crippen LogP contribution in [0, 0.1) is 5.92 Å². The van der Waals surface area contributed by atoms with Crippen molar-refractivity contribution in [2.24, 2.45) is 5.92 Å². The average Bonchev–Trinajstić information content (AvgIpc) is 2.55. The molecule has 128 valence electrons. The van der Waals surface area contributed by atoms with Crippen LogP contribution in [0.4, 0.5) is 0 Å². The van der Waals surface area contributed by atoms with Gasteiger partial charge in [-0.05, 0) is 64.1 Å². The molecular weight excluding hydrogens is 284 g/mol. The van der Waals surface area contributed by atoms with Gasteiger partial charge in [-0.25, -0.2) is 0 Å². The Bertz CT molecular complexity index is 502. The van der Waals surface area contributed by atoms with Crippen molar-refractivity contribution in [1.82, 2.24) is 10.2 Å². The lowest BCUT2D eigenvalue weighted by Gasteiger charge is -2.42. The molecular formula is C20H32N2O. The quantitative estimate of drug-likeness (QED) is 0.896. The van der Waals surface area contributed by atoms with Crippen LogP contribution in [-0.2, 0) is 4.79 Å². The Balaban J connectivity index is 1.94. The van der Waals surface area contributed by atoms with Gasteiger partial charge in [0.05, 0.1) is 5.54 Å². The normalized spacial score (nSPS) is 18.9. The van der Waals surface area contributed by atoms with Gasteiger partial charge in [0.1, 0.15) is 0 Å². The van der Waals surface area contributed by atoms with Crippen molar-refractivity contribution in [3.05, 3.63) is 35.9 Å². The summed E-state index contributed by atoms with van der Waals surface area (Å²) in [5, 5.41) is 3.18. The molecule has 1 heterocycles. The van der Waals surface area contributed by atoms with Crippen molar-refractivity contribution in [1.29, 1.82) is 0 Å². The minimum atomic E-state index is -0.440. The Hall–Kier alpha value is -1.35. The fourth-order valence-electron chi connectivity index (χ4n) is 3.19. The predicted molar refractivity (Wildman–Crippen MR) is 96.5 cm³/mol. The van der Waals surface area contributed by atoms with Gasteiger partial charge in [-0.2, -0.15) is 0 Å². The second-order valence-corrected chi connectivity index (χ2v) is 7.74. The molecule has 0 bridgehead atoms. The number of hydrogen-bond donors (Lipinski definition) is 1. The molecule has 0 aromatic heterocycles. The second-order valence-electron chi connectivity index (χ2n) is 7.74. The van der Waals surface area contributed by atoms with Crippen molar-refractivity contribution in [2.45, 2.75) is 65.0 Å². The highest BCUT2D eigenvalue weighted by atomic mass is 16.2. The zero-order chi connectivity index (χ0) is 17.0. The van der Waals surface area contributed by atoms with E-state index in [1.165, 1.54) is 5.56 Å². The van der Waals surface area contributed by atoms with Crippen LogP contribution < -0.4 is 5.32 Å². The molecule has 1 saturated heterocycles. The maximum Gasteiger partial charge on any atom is 0.240 e. The standard InChI is InChI=1S/C20H32N2O/c1-15(2)16(3)21-19(23)20(4,5)22-13-11-18(12-14-22)17-9-7-6-8-10-17/h6-10,15-16,18H,11-14H2,1-5H3,(H,21,23)/t16-/m0/s1. The maximum atomic E-state index is 12.7. The summed E-state index contributed by atoms with van der Waals surface area (Å²) in [5.41, 5.74) is 0.994. The first-order chi connectivity index (χ1) is 10.8. The fraction of sp³-hybridized carbons (Fsp3) is 0.650. The summed E-state index contributed by atoms with van der Waals surface area (Å²) in [6.07, 6.45) is 2.25. The molecule has 0 saturated carbocycles. The largest absolute Gasteiger partial charge is 0.352 e. The van der Waals surface area contributed by atoms with Gasteiger partial charge in [0.15, 0.2) is 0 Å². The summed E-state index contributed by atoms with van der Waals surface area (Å²) in [4.78, 5) is 15.0. The minimum absolute atomic E-state index is 0.150. The van der Waals surface area contributed by atoms with E-state index in [4.69, 9.17) is 0 Å². The van der Waals surface area contributed by atoms with Gasteiger partial charge in [0, 0.05) is 6.04 Å². The van der Waals surface area contributed by atoms with E-state index in [0.29, 0.717) is 11.8 Å². The number of nitrogens with one attached hydrogen (secondary N) is 1. The molecule has 1 aliphatic rings. The summed E-state index contributed by atoms with van der Waals surface area (Å²) < 4.78 is 0. The van der Waals surface area contributed by atoms with E-state index in [1.54, 1.807) is 0 Å². The summed E-state index contributed by atoms with van der Waals surface area (Å²) in [5.74, 6) is 1.23. The molecule has 1 aromatic rings. The van der Waals surface area contributed by atoms with Gasteiger partial charge in [0.25, 0.3) is 0 Å². The van der Waals surface area contributed by atoms with Gasteiger partial charge in [-0.15, -0.1) is 0 Å². The Labute approximate surface area is 141 Å².